The molecule has 1 aliphatic rings. The summed E-state index contributed by atoms with van der Waals surface area (Å²) in [5, 5.41) is 0. The van der Waals surface area contributed by atoms with E-state index in [4.69, 9.17) is 0 Å². The zero-order chi connectivity index (χ0) is 8.81. The van der Waals surface area contributed by atoms with Gasteiger partial charge in [-0.25, -0.2) is 0 Å². The Bertz CT molecular complexity index is 192. The van der Waals surface area contributed by atoms with Crippen molar-refractivity contribution in [2.75, 3.05) is 12.0 Å². The van der Waals surface area contributed by atoms with E-state index >= 15 is 0 Å². The van der Waals surface area contributed by atoms with Crippen molar-refractivity contribution in [2.45, 2.75) is 19.3 Å². The summed E-state index contributed by atoms with van der Waals surface area (Å²) < 4.78 is 10.8. The third kappa shape index (κ3) is 3.86. The van der Waals surface area contributed by atoms with Crippen LogP contribution in [-0.4, -0.2) is 16.2 Å². The maximum Gasteiger partial charge on any atom is 0.0234 e. The molecule has 0 fully saturated rings. The molecule has 0 N–H and O–H groups in total. The first-order chi connectivity index (χ1) is 5.79. The fourth-order valence-corrected chi connectivity index (χ4v) is 2.03. The van der Waals surface area contributed by atoms with E-state index in [0.29, 0.717) is 5.92 Å². The topological polar surface area (TPSA) is 17.1 Å². The van der Waals surface area contributed by atoms with Crippen molar-refractivity contribution >= 4 is 10.8 Å². The predicted octanol–water partition coefficient (Wildman–Crippen LogP) is 2.28. The van der Waals surface area contributed by atoms with Crippen LogP contribution >= 0.6 is 0 Å². The van der Waals surface area contributed by atoms with E-state index in [-0.39, 0.29) is 0 Å². The molecule has 1 atom stereocenters. The Hall–Kier alpha value is -0.370. The van der Waals surface area contributed by atoms with Crippen LogP contribution in [0.4, 0.5) is 0 Å². The lowest BCUT2D eigenvalue weighted by atomic mass is 10.00. The molecule has 0 saturated heterocycles. The molecule has 0 bridgehead atoms. The van der Waals surface area contributed by atoms with Gasteiger partial charge in [-0.15, -0.1) is 0 Å². The van der Waals surface area contributed by atoms with Crippen molar-refractivity contribution < 1.29 is 4.21 Å². The third-order valence-electron chi connectivity index (χ3n) is 2.14. The van der Waals surface area contributed by atoms with Crippen molar-refractivity contribution in [1.82, 2.24) is 0 Å². The molecular weight excluding hydrogens is 168 g/mol. The second kappa shape index (κ2) is 5.31. The molecule has 0 radical (unpaired) electrons. The van der Waals surface area contributed by atoms with Crippen molar-refractivity contribution in [3.63, 3.8) is 0 Å². The van der Waals surface area contributed by atoms with Gasteiger partial charge in [0.2, 0.25) is 0 Å². The van der Waals surface area contributed by atoms with Gasteiger partial charge >= 0.3 is 0 Å². The van der Waals surface area contributed by atoms with Crippen LogP contribution < -0.4 is 0 Å². The van der Waals surface area contributed by atoms with Crippen molar-refractivity contribution in [3.05, 3.63) is 24.3 Å². The molecular formula is C10H16OS. The van der Waals surface area contributed by atoms with Gasteiger partial charge in [0, 0.05) is 22.8 Å². The van der Waals surface area contributed by atoms with Crippen LogP contribution in [0.3, 0.4) is 0 Å². The van der Waals surface area contributed by atoms with E-state index in [9.17, 15) is 4.21 Å². The lowest BCUT2D eigenvalue weighted by Gasteiger charge is -2.09. The maximum atomic E-state index is 10.8. The lowest BCUT2D eigenvalue weighted by Crippen LogP contribution is -2.03. The van der Waals surface area contributed by atoms with Crippen LogP contribution in [0.5, 0.6) is 0 Å². The Morgan fingerprint density at radius 1 is 1.33 bits per heavy atom. The van der Waals surface area contributed by atoms with Crippen LogP contribution in [0.1, 0.15) is 19.3 Å². The lowest BCUT2D eigenvalue weighted by molar-refractivity contribution is 0.527. The fraction of sp³-hybridized carbons (Fsp3) is 0.600. The minimum absolute atomic E-state index is 0.621. The summed E-state index contributed by atoms with van der Waals surface area (Å²) in [6, 6.07) is 0. The molecule has 0 spiro atoms. The summed E-state index contributed by atoms with van der Waals surface area (Å²) >= 11 is 0. The van der Waals surface area contributed by atoms with E-state index in [1.54, 1.807) is 6.26 Å². The van der Waals surface area contributed by atoms with Gasteiger partial charge in [-0.2, -0.15) is 0 Å². The van der Waals surface area contributed by atoms with Gasteiger partial charge in [0.15, 0.2) is 0 Å². The molecule has 2 heteroatoms. The Morgan fingerprint density at radius 3 is 2.42 bits per heavy atom. The third-order valence-corrected chi connectivity index (χ3v) is 2.95. The average molecular weight is 184 g/mol. The highest BCUT2D eigenvalue weighted by atomic mass is 32.2. The minimum Gasteiger partial charge on any atom is -0.260 e. The van der Waals surface area contributed by atoms with Gasteiger partial charge in [-0.3, -0.25) is 4.21 Å². The maximum absolute atomic E-state index is 10.8. The van der Waals surface area contributed by atoms with Gasteiger partial charge in [-0.05, 0) is 25.2 Å². The molecule has 0 aromatic rings. The fourth-order valence-electron chi connectivity index (χ4n) is 1.36. The van der Waals surface area contributed by atoms with Crippen LogP contribution in [-0.2, 0) is 10.8 Å². The zero-order valence-electron chi connectivity index (χ0n) is 7.53. The smallest absolute Gasteiger partial charge is 0.0234 e. The summed E-state index contributed by atoms with van der Waals surface area (Å²) in [5.41, 5.74) is 0. The molecule has 68 valence electrons. The predicted molar refractivity (Wildman–Crippen MR) is 54.6 cm³/mol. The van der Waals surface area contributed by atoms with E-state index < -0.39 is 10.8 Å². The van der Waals surface area contributed by atoms with Crippen molar-refractivity contribution in [2.24, 2.45) is 5.92 Å². The molecule has 1 unspecified atom stereocenters. The van der Waals surface area contributed by atoms with Gasteiger partial charge in [-0.1, -0.05) is 24.3 Å². The quantitative estimate of drug-likeness (QED) is 0.657. The largest absolute Gasteiger partial charge is 0.260 e. The number of hydrogen-bond acceptors (Lipinski definition) is 1. The normalized spacial score (nSPS) is 20.8. The number of hydrogen-bond donors (Lipinski definition) is 0. The van der Waals surface area contributed by atoms with Crippen LogP contribution in [0, 0.1) is 5.92 Å². The minimum atomic E-state index is -0.621. The SMILES string of the molecule is CS(=O)CCC1CC=CC=CC1. The van der Waals surface area contributed by atoms with E-state index in [0.717, 1.165) is 25.0 Å². The van der Waals surface area contributed by atoms with E-state index in [1.165, 1.54) is 0 Å². The molecule has 0 aliphatic heterocycles. The molecule has 0 saturated carbocycles. The molecule has 1 nitrogen and oxygen atoms in total. The van der Waals surface area contributed by atoms with Gasteiger partial charge in [0.25, 0.3) is 0 Å². The molecule has 1 aliphatic carbocycles. The van der Waals surface area contributed by atoms with E-state index in [1.807, 2.05) is 0 Å². The van der Waals surface area contributed by atoms with Crippen molar-refractivity contribution in [3.8, 4) is 0 Å². The highest BCUT2D eigenvalue weighted by Gasteiger charge is 2.06. The van der Waals surface area contributed by atoms with Gasteiger partial charge < -0.3 is 0 Å². The molecule has 12 heavy (non-hydrogen) atoms. The van der Waals surface area contributed by atoms with Gasteiger partial charge in [0.05, 0.1) is 0 Å². The zero-order valence-corrected chi connectivity index (χ0v) is 8.35. The molecule has 0 aromatic heterocycles. The van der Waals surface area contributed by atoms with Crippen LogP contribution in [0.2, 0.25) is 0 Å². The second-order valence-corrected chi connectivity index (χ2v) is 4.81. The summed E-state index contributed by atoms with van der Waals surface area (Å²) in [7, 11) is -0.621. The second-order valence-electron chi connectivity index (χ2n) is 3.26. The monoisotopic (exact) mass is 184 g/mol. The number of rotatable bonds is 3. The number of allylic oxidation sites excluding steroid dienone is 4. The molecule has 1 rings (SSSR count). The average Bonchev–Trinajstić information content (AvgIpc) is 2.28. The Balaban J connectivity index is 2.27. The highest BCUT2D eigenvalue weighted by Crippen LogP contribution is 2.17. The first-order valence-corrected chi connectivity index (χ1v) is 6.13. The van der Waals surface area contributed by atoms with Gasteiger partial charge in [0.1, 0.15) is 0 Å². The summed E-state index contributed by atoms with van der Waals surface area (Å²) in [5.74, 6) is 1.57. The Kier molecular flexibility index (Phi) is 4.30. The summed E-state index contributed by atoms with van der Waals surface area (Å²) in [4.78, 5) is 0. The summed E-state index contributed by atoms with van der Waals surface area (Å²) in [6.07, 6.45) is 13.8. The highest BCUT2D eigenvalue weighted by molar-refractivity contribution is 7.84. The molecule has 0 amide bonds. The summed E-state index contributed by atoms with van der Waals surface area (Å²) in [6.45, 7) is 0. The molecule has 0 heterocycles. The molecule has 0 aromatic carbocycles. The van der Waals surface area contributed by atoms with Crippen molar-refractivity contribution in [1.29, 1.82) is 0 Å². The van der Waals surface area contributed by atoms with Crippen LogP contribution in [0.15, 0.2) is 24.3 Å². The van der Waals surface area contributed by atoms with E-state index in [2.05, 4.69) is 24.3 Å². The van der Waals surface area contributed by atoms with Crippen LogP contribution in [0.25, 0.3) is 0 Å². The first-order valence-electron chi connectivity index (χ1n) is 4.40. The Morgan fingerprint density at radius 2 is 1.92 bits per heavy atom. The first kappa shape index (κ1) is 9.72. The standard InChI is InChI=1S/C10H16OS/c1-12(11)9-8-10-6-4-2-3-5-7-10/h2-5,10H,6-9H2,1H3. The Labute approximate surface area is 77.0 Å².